The minimum absolute atomic E-state index is 0.0831. The highest BCUT2D eigenvalue weighted by molar-refractivity contribution is 5.97. The van der Waals surface area contributed by atoms with Gasteiger partial charge in [0.15, 0.2) is 0 Å². The summed E-state index contributed by atoms with van der Waals surface area (Å²) >= 11 is 0. The fraction of sp³-hybridized carbons (Fsp3) is 0.235. The van der Waals surface area contributed by atoms with Gasteiger partial charge in [-0.15, -0.1) is 0 Å². The molecule has 0 spiro atoms. The predicted molar refractivity (Wildman–Crippen MR) is 89.4 cm³/mol. The number of nitrogens with zero attached hydrogens (tertiary/aromatic N) is 2. The third kappa shape index (κ3) is 3.31. The highest BCUT2D eigenvalue weighted by Crippen LogP contribution is 2.28. The zero-order valence-corrected chi connectivity index (χ0v) is 13.3. The number of ether oxygens (including phenoxy) is 1. The third-order valence-corrected chi connectivity index (χ3v) is 3.25. The molecule has 1 aromatic carbocycles. The Morgan fingerprint density at radius 3 is 2.74 bits per heavy atom. The highest BCUT2D eigenvalue weighted by atomic mass is 16.5. The summed E-state index contributed by atoms with van der Waals surface area (Å²) < 4.78 is 5.55. The Bertz CT molecular complexity index is 837. The molecule has 6 heteroatoms. The minimum Gasteiger partial charge on any atom is -0.475 e. The minimum atomic E-state index is -0.105. The first-order valence-corrected chi connectivity index (χ1v) is 7.42. The van der Waals surface area contributed by atoms with Crippen LogP contribution in [0.25, 0.3) is 22.2 Å². The second-order valence-corrected chi connectivity index (χ2v) is 5.57. The molecule has 0 bridgehead atoms. The molecule has 3 rings (SSSR count). The number of carbonyl (C=O) groups excluding carboxylic acids is 1. The fourth-order valence-electron chi connectivity index (χ4n) is 2.35. The highest BCUT2D eigenvalue weighted by Gasteiger charge is 2.10. The lowest BCUT2D eigenvalue weighted by Crippen LogP contribution is -2.06. The number of anilines is 1. The van der Waals surface area contributed by atoms with E-state index in [1.807, 2.05) is 44.2 Å². The van der Waals surface area contributed by atoms with Crippen LogP contribution in [-0.2, 0) is 4.79 Å². The fourth-order valence-corrected chi connectivity index (χ4v) is 2.35. The number of nitrogens with one attached hydrogen (secondary N) is 2. The molecule has 0 unspecified atom stereocenters. The van der Waals surface area contributed by atoms with Gasteiger partial charge < -0.3 is 10.1 Å². The van der Waals surface area contributed by atoms with E-state index >= 15 is 0 Å². The van der Waals surface area contributed by atoms with E-state index in [0.717, 1.165) is 27.8 Å². The first-order chi connectivity index (χ1) is 11.0. The number of hydrogen-bond acceptors (Lipinski definition) is 4. The Balaban J connectivity index is 1.97. The number of benzene rings is 1. The lowest BCUT2D eigenvalue weighted by Gasteiger charge is -2.08. The number of aromatic nitrogens is 3. The molecular weight excluding hydrogens is 292 g/mol. The van der Waals surface area contributed by atoms with Gasteiger partial charge in [-0.2, -0.15) is 5.10 Å². The molecule has 6 nitrogen and oxygen atoms in total. The molecular formula is C17H18N4O2. The maximum atomic E-state index is 11.2. The Morgan fingerprint density at radius 1 is 1.26 bits per heavy atom. The first-order valence-electron chi connectivity index (χ1n) is 7.42. The summed E-state index contributed by atoms with van der Waals surface area (Å²) in [4.78, 5) is 15.5. The van der Waals surface area contributed by atoms with E-state index < -0.39 is 0 Å². The topological polar surface area (TPSA) is 79.9 Å². The van der Waals surface area contributed by atoms with Crippen LogP contribution in [0.5, 0.6) is 5.88 Å². The standard InChI is InChI=1S/C17H18N4O2/c1-10(2)23-16-7-4-12(9-18-16)17-14-8-13(19-11(3)22)5-6-15(14)20-21-17/h4-10H,1-3H3,(H,19,22)(H,20,21). The molecule has 118 valence electrons. The average molecular weight is 310 g/mol. The summed E-state index contributed by atoms with van der Waals surface area (Å²) in [5, 5.41) is 11.1. The zero-order chi connectivity index (χ0) is 16.4. The van der Waals surface area contributed by atoms with Crippen LogP contribution in [-0.4, -0.2) is 27.2 Å². The maximum absolute atomic E-state index is 11.2. The van der Waals surface area contributed by atoms with Crippen molar-refractivity contribution in [1.29, 1.82) is 0 Å². The lowest BCUT2D eigenvalue weighted by molar-refractivity contribution is -0.114. The normalized spacial score (nSPS) is 11.0. The van der Waals surface area contributed by atoms with Crippen molar-refractivity contribution in [1.82, 2.24) is 15.2 Å². The van der Waals surface area contributed by atoms with Gasteiger partial charge in [0.25, 0.3) is 0 Å². The van der Waals surface area contributed by atoms with E-state index in [9.17, 15) is 4.79 Å². The first kappa shape index (κ1) is 15.0. The van der Waals surface area contributed by atoms with E-state index in [0.29, 0.717) is 5.88 Å². The maximum Gasteiger partial charge on any atom is 0.221 e. The molecule has 0 aliphatic rings. The van der Waals surface area contributed by atoms with Crippen LogP contribution in [0.4, 0.5) is 5.69 Å². The van der Waals surface area contributed by atoms with Crippen molar-refractivity contribution in [3.8, 4) is 17.1 Å². The van der Waals surface area contributed by atoms with E-state index in [2.05, 4.69) is 20.5 Å². The number of rotatable bonds is 4. The summed E-state index contributed by atoms with van der Waals surface area (Å²) in [5.41, 5.74) is 3.31. The van der Waals surface area contributed by atoms with Crippen molar-refractivity contribution in [3.63, 3.8) is 0 Å². The van der Waals surface area contributed by atoms with Gasteiger partial charge in [-0.05, 0) is 38.1 Å². The van der Waals surface area contributed by atoms with Gasteiger partial charge >= 0.3 is 0 Å². The van der Waals surface area contributed by atoms with Gasteiger partial charge in [-0.3, -0.25) is 9.89 Å². The van der Waals surface area contributed by atoms with Gasteiger partial charge in [-0.25, -0.2) is 4.98 Å². The van der Waals surface area contributed by atoms with Crippen molar-refractivity contribution >= 4 is 22.5 Å². The Labute approximate surface area is 133 Å². The predicted octanol–water partition coefficient (Wildman–Crippen LogP) is 3.37. The SMILES string of the molecule is CC(=O)Nc1ccc2[nH]nc(-c3ccc(OC(C)C)nc3)c2c1. The molecule has 0 atom stereocenters. The second kappa shape index (κ2) is 6.08. The van der Waals surface area contributed by atoms with Crippen LogP contribution in [0.1, 0.15) is 20.8 Å². The molecule has 0 radical (unpaired) electrons. The second-order valence-electron chi connectivity index (χ2n) is 5.57. The molecule has 2 N–H and O–H groups in total. The summed E-state index contributed by atoms with van der Waals surface area (Å²) in [6.07, 6.45) is 1.82. The molecule has 0 saturated carbocycles. The summed E-state index contributed by atoms with van der Waals surface area (Å²) in [5.74, 6) is 0.480. The van der Waals surface area contributed by atoms with E-state index in [4.69, 9.17) is 4.74 Å². The van der Waals surface area contributed by atoms with Crippen molar-refractivity contribution < 1.29 is 9.53 Å². The van der Waals surface area contributed by atoms with Crippen LogP contribution >= 0.6 is 0 Å². The number of H-pyrrole nitrogens is 1. The van der Waals surface area contributed by atoms with Crippen molar-refractivity contribution in [2.24, 2.45) is 0 Å². The summed E-state index contributed by atoms with van der Waals surface area (Å²) in [7, 11) is 0. The lowest BCUT2D eigenvalue weighted by atomic mass is 10.1. The van der Waals surface area contributed by atoms with Crippen molar-refractivity contribution in [2.75, 3.05) is 5.32 Å². The molecule has 0 saturated heterocycles. The van der Waals surface area contributed by atoms with Crippen LogP contribution in [0, 0.1) is 0 Å². The molecule has 0 aliphatic heterocycles. The van der Waals surface area contributed by atoms with Gasteiger partial charge in [0.05, 0.1) is 11.6 Å². The van der Waals surface area contributed by atoms with E-state index in [-0.39, 0.29) is 12.0 Å². The van der Waals surface area contributed by atoms with Gasteiger partial charge in [0.2, 0.25) is 11.8 Å². The quantitative estimate of drug-likeness (QED) is 0.774. The van der Waals surface area contributed by atoms with E-state index in [1.54, 1.807) is 6.20 Å². The Hall–Kier alpha value is -2.89. The molecule has 2 aromatic heterocycles. The van der Waals surface area contributed by atoms with Crippen LogP contribution in [0.3, 0.4) is 0 Å². The van der Waals surface area contributed by atoms with Crippen LogP contribution in [0.15, 0.2) is 36.5 Å². The van der Waals surface area contributed by atoms with Crippen LogP contribution in [0.2, 0.25) is 0 Å². The zero-order valence-electron chi connectivity index (χ0n) is 13.3. The average Bonchev–Trinajstić information content (AvgIpc) is 2.90. The molecule has 3 aromatic rings. The Morgan fingerprint density at radius 2 is 2.09 bits per heavy atom. The number of hydrogen-bond donors (Lipinski definition) is 2. The molecule has 0 aliphatic carbocycles. The number of amides is 1. The largest absolute Gasteiger partial charge is 0.475 e. The number of pyridine rings is 1. The smallest absolute Gasteiger partial charge is 0.221 e. The third-order valence-electron chi connectivity index (χ3n) is 3.25. The monoisotopic (exact) mass is 310 g/mol. The molecule has 23 heavy (non-hydrogen) atoms. The number of carbonyl (C=O) groups is 1. The van der Waals surface area contributed by atoms with Crippen molar-refractivity contribution in [2.45, 2.75) is 26.9 Å². The number of aromatic amines is 1. The molecule has 0 fully saturated rings. The molecule has 1 amide bonds. The summed E-state index contributed by atoms with van der Waals surface area (Å²) in [6, 6.07) is 9.37. The Kier molecular flexibility index (Phi) is 3.97. The van der Waals surface area contributed by atoms with Crippen LogP contribution < -0.4 is 10.1 Å². The van der Waals surface area contributed by atoms with Gasteiger partial charge in [0, 0.05) is 35.8 Å². The summed E-state index contributed by atoms with van der Waals surface area (Å²) in [6.45, 7) is 5.40. The van der Waals surface area contributed by atoms with E-state index in [1.165, 1.54) is 6.92 Å². The van der Waals surface area contributed by atoms with Gasteiger partial charge in [-0.1, -0.05) is 0 Å². The number of fused-ring (bicyclic) bond motifs is 1. The van der Waals surface area contributed by atoms with Crippen molar-refractivity contribution in [3.05, 3.63) is 36.5 Å². The van der Waals surface area contributed by atoms with Gasteiger partial charge in [0.1, 0.15) is 5.69 Å². The molecule has 2 heterocycles.